The highest BCUT2D eigenvalue weighted by molar-refractivity contribution is 5.93. The van der Waals surface area contributed by atoms with Crippen LogP contribution < -0.4 is 16.0 Å². The van der Waals surface area contributed by atoms with E-state index in [0.29, 0.717) is 18.8 Å². The molecule has 2 aromatic carbocycles. The highest BCUT2D eigenvalue weighted by Gasteiger charge is 2.07. The summed E-state index contributed by atoms with van der Waals surface area (Å²) in [5, 5.41) is 10.3. The fourth-order valence-electron chi connectivity index (χ4n) is 2.29. The average Bonchev–Trinajstić information content (AvgIpc) is 3.13. The highest BCUT2D eigenvalue weighted by Crippen LogP contribution is 2.18. The Labute approximate surface area is 138 Å². The van der Waals surface area contributed by atoms with Crippen LogP contribution >= 0.6 is 0 Å². The van der Waals surface area contributed by atoms with Crippen molar-refractivity contribution in [3.63, 3.8) is 0 Å². The lowest BCUT2D eigenvalue weighted by Crippen LogP contribution is -2.36. The summed E-state index contributed by atoms with van der Waals surface area (Å²) in [5.74, 6) is -0.0626. The number of fused-ring (bicyclic) bond motifs is 1. The molecule has 0 aliphatic carbocycles. The molecule has 0 fully saturated rings. The summed E-state index contributed by atoms with van der Waals surface area (Å²) in [6.07, 6.45) is 1.43. The van der Waals surface area contributed by atoms with Crippen molar-refractivity contribution in [2.75, 3.05) is 18.4 Å². The van der Waals surface area contributed by atoms with Crippen molar-refractivity contribution < 1.29 is 14.0 Å². The van der Waals surface area contributed by atoms with E-state index in [4.69, 9.17) is 4.42 Å². The predicted molar refractivity (Wildman–Crippen MR) is 92.0 cm³/mol. The van der Waals surface area contributed by atoms with Gasteiger partial charge in [-0.2, -0.15) is 0 Å². The number of anilines is 1. The molecule has 0 spiro atoms. The number of hydrogen-bond donors (Lipinski definition) is 3. The second kappa shape index (κ2) is 7.32. The molecular formula is C18H17N3O3. The number of carbonyl (C=O) groups excluding carboxylic acids is 2. The third-order valence-corrected chi connectivity index (χ3v) is 3.45. The first-order chi connectivity index (χ1) is 11.7. The average molecular weight is 323 g/mol. The van der Waals surface area contributed by atoms with Gasteiger partial charge in [-0.15, -0.1) is 0 Å². The molecule has 6 nitrogen and oxygen atoms in total. The maximum atomic E-state index is 11.9. The first kappa shape index (κ1) is 15.6. The van der Waals surface area contributed by atoms with Gasteiger partial charge in [0.1, 0.15) is 0 Å². The fourth-order valence-corrected chi connectivity index (χ4v) is 2.29. The fraction of sp³-hybridized carbons (Fsp3) is 0.111. The zero-order valence-electron chi connectivity index (χ0n) is 12.9. The van der Waals surface area contributed by atoms with Crippen LogP contribution in [0, 0.1) is 0 Å². The van der Waals surface area contributed by atoms with E-state index in [1.165, 1.54) is 6.26 Å². The molecule has 1 heterocycles. The largest absolute Gasteiger partial charge is 0.459 e. The van der Waals surface area contributed by atoms with Gasteiger partial charge in [0.05, 0.1) is 6.26 Å². The molecular weight excluding hydrogens is 306 g/mol. The molecule has 0 atom stereocenters. The molecule has 3 amide bonds. The predicted octanol–water partition coefficient (Wildman–Crippen LogP) is 2.98. The lowest BCUT2D eigenvalue weighted by Gasteiger charge is -2.09. The SMILES string of the molecule is O=C(NCCNC(=O)c1ccco1)Nc1ccc2ccccc2c1. The molecule has 3 aromatic rings. The Hall–Kier alpha value is -3.28. The van der Waals surface area contributed by atoms with Gasteiger partial charge in [-0.1, -0.05) is 30.3 Å². The van der Waals surface area contributed by atoms with Crippen molar-refractivity contribution in [3.05, 3.63) is 66.6 Å². The van der Waals surface area contributed by atoms with Crippen LogP contribution in [0.1, 0.15) is 10.6 Å². The van der Waals surface area contributed by atoms with Crippen LogP contribution in [0.4, 0.5) is 10.5 Å². The minimum Gasteiger partial charge on any atom is -0.459 e. The van der Waals surface area contributed by atoms with E-state index in [2.05, 4.69) is 16.0 Å². The number of furan rings is 1. The molecule has 0 saturated heterocycles. The Kier molecular flexibility index (Phi) is 4.76. The van der Waals surface area contributed by atoms with E-state index < -0.39 is 0 Å². The minimum absolute atomic E-state index is 0.246. The molecule has 24 heavy (non-hydrogen) atoms. The van der Waals surface area contributed by atoms with Gasteiger partial charge in [-0.3, -0.25) is 4.79 Å². The lowest BCUT2D eigenvalue weighted by molar-refractivity contribution is 0.0926. The summed E-state index contributed by atoms with van der Waals surface area (Å²) in [6.45, 7) is 0.622. The van der Waals surface area contributed by atoms with Crippen LogP contribution in [0.5, 0.6) is 0 Å². The number of benzene rings is 2. The number of nitrogens with one attached hydrogen (secondary N) is 3. The quantitative estimate of drug-likeness (QED) is 0.631. The van der Waals surface area contributed by atoms with Gasteiger partial charge in [-0.05, 0) is 35.0 Å². The van der Waals surface area contributed by atoms with Crippen LogP contribution in [0.25, 0.3) is 10.8 Å². The molecule has 1 aromatic heterocycles. The normalized spacial score (nSPS) is 10.3. The third kappa shape index (κ3) is 3.92. The third-order valence-electron chi connectivity index (χ3n) is 3.45. The number of urea groups is 1. The van der Waals surface area contributed by atoms with Crippen LogP contribution in [0.3, 0.4) is 0 Å². The van der Waals surface area contributed by atoms with Crippen molar-refractivity contribution in [1.29, 1.82) is 0 Å². The van der Waals surface area contributed by atoms with Gasteiger partial charge in [0.15, 0.2) is 5.76 Å². The lowest BCUT2D eigenvalue weighted by atomic mass is 10.1. The van der Waals surface area contributed by atoms with E-state index in [1.807, 2.05) is 42.5 Å². The zero-order valence-corrected chi connectivity index (χ0v) is 12.9. The van der Waals surface area contributed by atoms with E-state index in [9.17, 15) is 9.59 Å². The zero-order chi connectivity index (χ0) is 16.8. The van der Waals surface area contributed by atoms with E-state index in [-0.39, 0.29) is 17.7 Å². The summed E-state index contributed by atoms with van der Waals surface area (Å²) in [6, 6.07) is 16.5. The Morgan fingerprint density at radius 3 is 2.46 bits per heavy atom. The Bertz CT molecular complexity index is 844. The molecule has 122 valence electrons. The second-order valence-electron chi connectivity index (χ2n) is 5.18. The van der Waals surface area contributed by atoms with E-state index in [0.717, 1.165) is 10.8 Å². The maximum absolute atomic E-state index is 11.9. The first-order valence-corrected chi connectivity index (χ1v) is 7.58. The Morgan fingerprint density at radius 1 is 0.875 bits per heavy atom. The molecule has 0 aliphatic rings. The van der Waals surface area contributed by atoms with Gasteiger partial charge < -0.3 is 20.4 Å². The monoisotopic (exact) mass is 323 g/mol. The summed E-state index contributed by atoms with van der Waals surface area (Å²) in [7, 11) is 0. The summed E-state index contributed by atoms with van der Waals surface area (Å²) in [5.41, 5.74) is 0.714. The molecule has 0 bridgehead atoms. The van der Waals surface area contributed by atoms with Crippen LogP contribution in [0.15, 0.2) is 65.3 Å². The Balaban J connectivity index is 1.44. The molecule has 0 unspecified atom stereocenters. The van der Waals surface area contributed by atoms with Crippen molar-refractivity contribution in [2.24, 2.45) is 0 Å². The van der Waals surface area contributed by atoms with Crippen molar-refractivity contribution in [1.82, 2.24) is 10.6 Å². The van der Waals surface area contributed by atoms with Crippen LogP contribution in [-0.2, 0) is 0 Å². The molecule has 0 radical (unpaired) electrons. The van der Waals surface area contributed by atoms with Gasteiger partial charge >= 0.3 is 6.03 Å². The molecule has 3 N–H and O–H groups in total. The Morgan fingerprint density at radius 2 is 1.67 bits per heavy atom. The topological polar surface area (TPSA) is 83.4 Å². The van der Waals surface area contributed by atoms with E-state index in [1.54, 1.807) is 12.1 Å². The first-order valence-electron chi connectivity index (χ1n) is 7.58. The standard InChI is InChI=1S/C18H17N3O3/c22-17(16-6-3-11-24-16)19-9-10-20-18(23)21-15-8-7-13-4-1-2-5-14(13)12-15/h1-8,11-12H,9-10H2,(H,19,22)(H2,20,21,23). The smallest absolute Gasteiger partial charge is 0.319 e. The van der Waals surface area contributed by atoms with Crippen molar-refractivity contribution in [3.8, 4) is 0 Å². The van der Waals surface area contributed by atoms with Crippen LogP contribution in [-0.4, -0.2) is 25.0 Å². The summed E-state index contributed by atoms with van der Waals surface area (Å²) < 4.78 is 4.98. The van der Waals surface area contributed by atoms with Crippen molar-refractivity contribution >= 4 is 28.4 Å². The van der Waals surface area contributed by atoms with Gasteiger partial charge in [0, 0.05) is 18.8 Å². The van der Waals surface area contributed by atoms with Gasteiger partial charge in [-0.25, -0.2) is 4.79 Å². The number of rotatable bonds is 5. The van der Waals surface area contributed by atoms with Gasteiger partial charge in [0.2, 0.25) is 0 Å². The molecule has 0 saturated carbocycles. The van der Waals surface area contributed by atoms with Gasteiger partial charge in [0.25, 0.3) is 5.91 Å². The molecule has 3 rings (SSSR count). The maximum Gasteiger partial charge on any atom is 0.319 e. The minimum atomic E-state index is -0.322. The summed E-state index contributed by atoms with van der Waals surface area (Å²) in [4.78, 5) is 23.5. The molecule has 0 aliphatic heterocycles. The number of carbonyl (C=O) groups is 2. The van der Waals surface area contributed by atoms with E-state index >= 15 is 0 Å². The second-order valence-corrected chi connectivity index (χ2v) is 5.18. The summed E-state index contributed by atoms with van der Waals surface area (Å²) >= 11 is 0. The highest BCUT2D eigenvalue weighted by atomic mass is 16.3. The number of hydrogen-bond acceptors (Lipinski definition) is 3. The number of amides is 3. The van der Waals surface area contributed by atoms with Crippen molar-refractivity contribution in [2.45, 2.75) is 0 Å². The molecule has 6 heteroatoms. The van der Waals surface area contributed by atoms with Crippen LogP contribution in [0.2, 0.25) is 0 Å².